The molecule has 4 heteroatoms. The van der Waals surface area contributed by atoms with Gasteiger partial charge in [-0.15, -0.1) is 0 Å². The Morgan fingerprint density at radius 3 is 2.48 bits per heavy atom. The zero-order valence-corrected chi connectivity index (χ0v) is 13.6. The van der Waals surface area contributed by atoms with Gasteiger partial charge in [-0.1, -0.05) is 42.5 Å². The van der Waals surface area contributed by atoms with Gasteiger partial charge in [-0.3, -0.25) is 0 Å². The first-order chi connectivity index (χ1) is 10.2. The minimum absolute atomic E-state index is 0.120. The van der Waals surface area contributed by atoms with Crippen molar-refractivity contribution in [1.82, 2.24) is 9.97 Å². The normalized spacial score (nSPS) is 12.3. The molecule has 3 nitrogen and oxygen atoms in total. The summed E-state index contributed by atoms with van der Waals surface area (Å²) in [4.78, 5) is 7.76. The SMILES string of the molecule is NC(Cc1ccccc1)c1ncc(-c2ccc(I)cc2)[nH]1. The molecular formula is C17H16IN3. The molecule has 0 saturated carbocycles. The molecule has 0 spiro atoms. The zero-order valence-electron chi connectivity index (χ0n) is 11.5. The number of rotatable bonds is 4. The third-order valence-electron chi connectivity index (χ3n) is 3.40. The van der Waals surface area contributed by atoms with E-state index in [9.17, 15) is 0 Å². The highest BCUT2D eigenvalue weighted by Gasteiger charge is 2.11. The Hall–Kier alpha value is -1.66. The van der Waals surface area contributed by atoms with Gasteiger partial charge >= 0.3 is 0 Å². The smallest absolute Gasteiger partial charge is 0.123 e. The van der Waals surface area contributed by atoms with E-state index in [2.05, 4.69) is 69.0 Å². The summed E-state index contributed by atoms with van der Waals surface area (Å²) in [6.45, 7) is 0. The topological polar surface area (TPSA) is 54.7 Å². The molecule has 21 heavy (non-hydrogen) atoms. The van der Waals surface area contributed by atoms with E-state index in [1.54, 1.807) is 0 Å². The molecule has 1 atom stereocenters. The average molecular weight is 389 g/mol. The van der Waals surface area contributed by atoms with Gasteiger partial charge in [-0.25, -0.2) is 4.98 Å². The average Bonchev–Trinajstić information content (AvgIpc) is 2.99. The number of halogens is 1. The summed E-state index contributed by atoms with van der Waals surface area (Å²) >= 11 is 2.30. The van der Waals surface area contributed by atoms with Gasteiger partial charge in [-0.05, 0) is 52.3 Å². The molecule has 2 aromatic carbocycles. The number of aromatic amines is 1. The summed E-state index contributed by atoms with van der Waals surface area (Å²) in [5, 5.41) is 0. The maximum Gasteiger partial charge on any atom is 0.123 e. The second kappa shape index (κ2) is 6.41. The number of aromatic nitrogens is 2. The Morgan fingerprint density at radius 1 is 1.05 bits per heavy atom. The van der Waals surface area contributed by atoms with Crippen molar-refractivity contribution < 1.29 is 0 Å². The van der Waals surface area contributed by atoms with Crippen molar-refractivity contribution in [3.05, 3.63) is 75.8 Å². The molecule has 1 aromatic heterocycles. The molecule has 0 aliphatic heterocycles. The quantitative estimate of drug-likeness (QED) is 0.665. The van der Waals surface area contributed by atoms with E-state index in [0.717, 1.165) is 23.5 Å². The second-order valence-electron chi connectivity index (χ2n) is 4.99. The molecule has 3 N–H and O–H groups in total. The molecule has 0 aliphatic rings. The van der Waals surface area contributed by atoms with E-state index < -0.39 is 0 Å². The number of benzene rings is 2. The van der Waals surface area contributed by atoms with Crippen molar-refractivity contribution in [2.24, 2.45) is 5.73 Å². The first-order valence-electron chi connectivity index (χ1n) is 6.83. The highest BCUT2D eigenvalue weighted by atomic mass is 127. The minimum atomic E-state index is -0.120. The number of nitrogens with zero attached hydrogens (tertiary/aromatic N) is 1. The molecule has 0 fully saturated rings. The third-order valence-corrected chi connectivity index (χ3v) is 4.12. The monoisotopic (exact) mass is 389 g/mol. The Kier molecular flexibility index (Phi) is 4.36. The maximum atomic E-state index is 6.25. The van der Waals surface area contributed by atoms with Crippen LogP contribution in [0.15, 0.2) is 60.8 Å². The lowest BCUT2D eigenvalue weighted by Crippen LogP contribution is -2.14. The molecule has 106 valence electrons. The van der Waals surface area contributed by atoms with Crippen molar-refractivity contribution in [2.45, 2.75) is 12.5 Å². The third kappa shape index (κ3) is 3.51. The Balaban J connectivity index is 1.76. The molecule has 1 unspecified atom stereocenters. The van der Waals surface area contributed by atoms with Crippen molar-refractivity contribution in [1.29, 1.82) is 0 Å². The first-order valence-corrected chi connectivity index (χ1v) is 7.90. The standard InChI is InChI=1S/C17H16IN3/c18-14-8-6-13(7-9-14)16-11-20-17(21-16)15(19)10-12-4-2-1-3-5-12/h1-9,11,15H,10,19H2,(H,20,21). The molecular weight excluding hydrogens is 373 g/mol. The Bertz CT molecular complexity index is 704. The van der Waals surface area contributed by atoms with E-state index in [0.29, 0.717) is 0 Å². The lowest BCUT2D eigenvalue weighted by molar-refractivity contribution is 0.678. The van der Waals surface area contributed by atoms with Crippen LogP contribution in [0.4, 0.5) is 0 Å². The van der Waals surface area contributed by atoms with Gasteiger partial charge in [0.25, 0.3) is 0 Å². The summed E-state index contributed by atoms with van der Waals surface area (Å²) in [5.41, 5.74) is 9.60. The number of hydrogen-bond donors (Lipinski definition) is 2. The van der Waals surface area contributed by atoms with Crippen LogP contribution in [0.3, 0.4) is 0 Å². The van der Waals surface area contributed by atoms with Crippen molar-refractivity contribution >= 4 is 22.6 Å². The van der Waals surface area contributed by atoms with E-state index in [1.165, 1.54) is 9.13 Å². The summed E-state index contributed by atoms with van der Waals surface area (Å²) in [6, 6.07) is 18.5. The number of nitrogens with one attached hydrogen (secondary N) is 1. The van der Waals surface area contributed by atoms with Crippen molar-refractivity contribution in [3.8, 4) is 11.3 Å². The van der Waals surface area contributed by atoms with Gasteiger partial charge in [0.1, 0.15) is 5.82 Å². The summed E-state index contributed by atoms with van der Waals surface area (Å²) in [7, 11) is 0. The number of hydrogen-bond acceptors (Lipinski definition) is 2. The minimum Gasteiger partial charge on any atom is -0.341 e. The number of imidazole rings is 1. The molecule has 0 amide bonds. The van der Waals surface area contributed by atoms with Gasteiger partial charge in [0.2, 0.25) is 0 Å². The van der Waals surface area contributed by atoms with Crippen LogP contribution >= 0.6 is 22.6 Å². The van der Waals surface area contributed by atoms with Gasteiger partial charge in [0.05, 0.1) is 17.9 Å². The van der Waals surface area contributed by atoms with Crippen molar-refractivity contribution in [3.63, 3.8) is 0 Å². The predicted molar refractivity (Wildman–Crippen MR) is 93.8 cm³/mol. The van der Waals surface area contributed by atoms with Crippen molar-refractivity contribution in [2.75, 3.05) is 0 Å². The molecule has 0 saturated heterocycles. The highest BCUT2D eigenvalue weighted by molar-refractivity contribution is 14.1. The highest BCUT2D eigenvalue weighted by Crippen LogP contribution is 2.21. The number of H-pyrrole nitrogens is 1. The van der Waals surface area contributed by atoms with Gasteiger partial charge in [-0.2, -0.15) is 0 Å². The van der Waals surface area contributed by atoms with Crippen LogP contribution in [0.25, 0.3) is 11.3 Å². The lowest BCUT2D eigenvalue weighted by Gasteiger charge is -2.08. The van der Waals surface area contributed by atoms with Gasteiger partial charge < -0.3 is 10.7 Å². The van der Waals surface area contributed by atoms with E-state index in [4.69, 9.17) is 5.73 Å². The Morgan fingerprint density at radius 2 is 1.76 bits per heavy atom. The largest absolute Gasteiger partial charge is 0.341 e. The molecule has 3 rings (SSSR count). The molecule has 0 radical (unpaired) electrons. The fourth-order valence-corrected chi connectivity index (χ4v) is 2.63. The van der Waals surface area contributed by atoms with Gasteiger partial charge in [0, 0.05) is 3.57 Å². The van der Waals surface area contributed by atoms with Crippen LogP contribution in [0.1, 0.15) is 17.4 Å². The van der Waals surface area contributed by atoms with E-state index >= 15 is 0 Å². The van der Waals surface area contributed by atoms with Crippen LogP contribution in [0, 0.1) is 3.57 Å². The maximum absolute atomic E-state index is 6.25. The molecule has 0 bridgehead atoms. The Labute approximate surface area is 137 Å². The van der Waals surface area contributed by atoms with Gasteiger partial charge in [0.15, 0.2) is 0 Å². The first kappa shape index (κ1) is 14.3. The molecule has 0 aliphatic carbocycles. The van der Waals surface area contributed by atoms with Crippen LogP contribution < -0.4 is 5.73 Å². The lowest BCUT2D eigenvalue weighted by atomic mass is 10.1. The van der Waals surface area contributed by atoms with Crippen LogP contribution in [-0.4, -0.2) is 9.97 Å². The zero-order chi connectivity index (χ0) is 14.7. The summed E-state index contributed by atoms with van der Waals surface area (Å²) < 4.78 is 1.22. The molecule has 3 aromatic rings. The second-order valence-corrected chi connectivity index (χ2v) is 6.23. The van der Waals surface area contributed by atoms with E-state index in [-0.39, 0.29) is 6.04 Å². The fraction of sp³-hybridized carbons (Fsp3) is 0.118. The van der Waals surface area contributed by atoms with E-state index in [1.807, 2.05) is 24.4 Å². The predicted octanol–water partition coefficient (Wildman–Crippen LogP) is 3.92. The number of nitrogens with two attached hydrogens (primary N) is 1. The summed E-state index contributed by atoms with van der Waals surface area (Å²) in [6.07, 6.45) is 2.63. The fourth-order valence-electron chi connectivity index (χ4n) is 2.27. The van der Waals surface area contributed by atoms with Crippen LogP contribution in [0.2, 0.25) is 0 Å². The molecule has 1 heterocycles. The van der Waals surface area contributed by atoms with Crippen LogP contribution in [0.5, 0.6) is 0 Å². The van der Waals surface area contributed by atoms with Crippen LogP contribution in [-0.2, 0) is 6.42 Å². The summed E-state index contributed by atoms with van der Waals surface area (Å²) in [5.74, 6) is 0.826.